The molecule has 0 atom stereocenters. The molecule has 0 bridgehead atoms. The van der Waals surface area contributed by atoms with E-state index in [0.717, 1.165) is 29.4 Å². The lowest BCUT2D eigenvalue weighted by Crippen LogP contribution is -2.33. The number of hydrogen-bond acceptors (Lipinski definition) is 2. The van der Waals surface area contributed by atoms with Crippen LogP contribution in [-0.4, -0.2) is 12.2 Å². The van der Waals surface area contributed by atoms with E-state index in [1.807, 2.05) is 12.1 Å². The molecule has 2 nitrogen and oxygen atoms in total. The lowest BCUT2D eigenvalue weighted by Gasteiger charge is -2.39. The molecule has 156 valence electrons. The Bertz CT molecular complexity index is 1130. The van der Waals surface area contributed by atoms with Crippen molar-refractivity contribution in [2.75, 3.05) is 7.11 Å². The van der Waals surface area contributed by atoms with Gasteiger partial charge in [0.2, 0.25) is 0 Å². The maximum Gasteiger partial charge on any atom is 0.123 e. The van der Waals surface area contributed by atoms with Gasteiger partial charge in [0.25, 0.3) is 0 Å². The van der Waals surface area contributed by atoms with E-state index >= 15 is 0 Å². The first-order valence-corrected chi connectivity index (χ1v) is 11.1. The number of aromatic hydroxyl groups is 1. The maximum absolute atomic E-state index is 11.1. The monoisotopic (exact) mass is 400 g/mol. The highest BCUT2D eigenvalue weighted by molar-refractivity contribution is 6.05. The van der Waals surface area contributed by atoms with Crippen molar-refractivity contribution in [2.24, 2.45) is 10.8 Å². The van der Waals surface area contributed by atoms with Crippen LogP contribution in [-0.2, 0) is 5.41 Å². The molecule has 5 rings (SSSR count). The molecule has 1 N–H and O–H groups in total. The Labute approximate surface area is 179 Å². The highest BCUT2D eigenvalue weighted by atomic mass is 16.5. The quantitative estimate of drug-likeness (QED) is 0.460. The van der Waals surface area contributed by atoms with Gasteiger partial charge in [-0.25, -0.2) is 0 Å². The SMILES string of the molecule is COc1ccc2c3c(cc(O)c2c1)C1(CC(C)(C)CCC(C)(C)C1)c1ccccc1-3. The summed E-state index contributed by atoms with van der Waals surface area (Å²) in [6, 6.07) is 17.1. The van der Waals surface area contributed by atoms with Crippen LogP contribution in [0.3, 0.4) is 0 Å². The van der Waals surface area contributed by atoms with Gasteiger partial charge in [0.1, 0.15) is 11.5 Å². The minimum Gasteiger partial charge on any atom is -0.507 e. The average molecular weight is 401 g/mol. The fourth-order valence-corrected chi connectivity index (χ4v) is 6.37. The molecule has 3 aromatic rings. The van der Waals surface area contributed by atoms with Gasteiger partial charge in [-0.2, -0.15) is 0 Å². The van der Waals surface area contributed by atoms with Gasteiger partial charge in [-0.3, -0.25) is 0 Å². The zero-order chi connectivity index (χ0) is 21.3. The second-order valence-electron chi connectivity index (χ2n) is 11.0. The fraction of sp³-hybridized carbons (Fsp3) is 0.429. The third-order valence-corrected chi connectivity index (χ3v) is 7.59. The van der Waals surface area contributed by atoms with Gasteiger partial charge in [0.05, 0.1) is 7.11 Å². The van der Waals surface area contributed by atoms with Gasteiger partial charge in [-0.1, -0.05) is 52.0 Å². The molecule has 30 heavy (non-hydrogen) atoms. The first-order chi connectivity index (χ1) is 14.2. The van der Waals surface area contributed by atoms with Gasteiger partial charge in [0.15, 0.2) is 0 Å². The van der Waals surface area contributed by atoms with Crippen LogP contribution in [0.2, 0.25) is 0 Å². The first kappa shape index (κ1) is 19.5. The van der Waals surface area contributed by atoms with Crippen molar-refractivity contribution in [1.82, 2.24) is 0 Å². The van der Waals surface area contributed by atoms with Crippen LogP contribution >= 0.6 is 0 Å². The van der Waals surface area contributed by atoms with Crippen molar-refractivity contribution in [3.63, 3.8) is 0 Å². The number of hydrogen-bond donors (Lipinski definition) is 1. The summed E-state index contributed by atoms with van der Waals surface area (Å²) >= 11 is 0. The van der Waals surface area contributed by atoms with Crippen molar-refractivity contribution in [2.45, 2.75) is 58.8 Å². The van der Waals surface area contributed by atoms with E-state index in [0.29, 0.717) is 5.75 Å². The van der Waals surface area contributed by atoms with Crippen LogP contribution in [0.15, 0.2) is 48.5 Å². The highest BCUT2D eigenvalue weighted by Crippen LogP contribution is 2.63. The van der Waals surface area contributed by atoms with E-state index in [4.69, 9.17) is 4.74 Å². The van der Waals surface area contributed by atoms with Crippen molar-refractivity contribution in [3.8, 4) is 22.6 Å². The molecule has 1 spiro atoms. The van der Waals surface area contributed by atoms with Crippen LogP contribution in [0, 0.1) is 10.8 Å². The molecule has 0 amide bonds. The van der Waals surface area contributed by atoms with E-state index in [1.165, 1.54) is 35.1 Å². The molecule has 0 saturated heterocycles. The lowest BCUT2D eigenvalue weighted by molar-refractivity contribution is 0.255. The van der Waals surface area contributed by atoms with Crippen LogP contribution in [0.4, 0.5) is 0 Å². The Balaban J connectivity index is 1.89. The third kappa shape index (κ3) is 2.76. The van der Waals surface area contributed by atoms with Crippen molar-refractivity contribution < 1.29 is 9.84 Å². The molecule has 0 aliphatic heterocycles. The standard InChI is InChI=1S/C28H32O2/c1-26(2)12-13-27(3,4)17-28(16-26)22-9-7-6-8-20(22)25-19-11-10-18(30-5)14-21(19)24(29)15-23(25)28/h6-11,14-15,29H,12-13,16-17H2,1-5H3. The largest absolute Gasteiger partial charge is 0.507 e. The number of phenolic OH excluding ortho intramolecular Hbond substituents is 1. The van der Waals surface area contributed by atoms with Crippen molar-refractivity contribution >= 4 is 10.8 Å². The summed E-state index contributed by atoms with van der Waals surface area (Å²) in [7, 11) is 1.67. The molecule has 0 heterocycles. The van der Waals surface area contributed by atoms with E-state index in [-0.39, 0.29) is 16.2 Å². The van der Waals surface area contributed by atoms with Crippen LogP contribution in [0.25, 0.3) is 21.9 Å². The Morgan fingerprint density at radius 1 is 0.800 bits per heavy atom. The Morgan fingerprint density at radius 3 is 2.13 bits per heavy atom. The van der Waals surface area contributed by atoms with Gasteiger partial charge >= 0.3 is 0 Å². The zero-order valence-electron chi connectivity index (χ0n) is 18.8. The fourth-order valence-electron chi connectivity index (χ4n) is 6.37. The number of fused-ring (bicyclic) bond motifs is 7. The number of rotatable bonds is 1. The molecular formula is C28H32O2. The van der Waals surface area contributed by atoms with E-state index in [9.17, 15) is 5.11 Å². The summed E-state index contributed by atoms with van der Waals surface area (Å²) in [5.41, 5.74) is 5.79. The molecule has 0 radical (unpaired) electrons. The van der Waals surface area contributed by atoms with Crippen LogP contribution in [0.1, 0.15) is 64.5 Å². The normalized spacial score (nSPS) is 20.6. The van der Waals surface area contributed by atoms with Crippen molar-refractivity contribution in [3.05, 3.63) is 59.7 Å². The van der Waals surface area contributed by atoms with E-state index < -0.39 is 0 Å². The Morgan fingerprint density at radius 2 is 1.47 bits per heavy atom. The summed E-state index contributed by atoms with van der Waals surface area (Å²) in [4.78, 5) is 0. The molecule has 2 aliphatic rings. The summed E-state index contributed by atoms with van der Waals surface area (Å²) in [6.45, 7) is 9.68. The van der Waals surface area contributed by atoms with Crippen molar-refractivity contribution in [1.29, 1.82) is 0 Å². The van der Waals surface area contributed by atoms with Crippen LogP contribution in [0.5, 0.6) is 11.5 Å². The average Bonchev–Trinajstić information content (AvgIpc) is 2.89. The predicted octanol–water partition coefficient (Wildman–Crippen LogP) is 7.45. The van der Waals surface area contributed by atoms with Gasteiger partial charge in [-0.05, 0) is 88.4 Å². The van der Waals surface area contributed by atoms with E-state index in [1.54, 1.807) is 7.11 Å². The second kappa shape index (κ2) is 6.26. The maximum atomic E-state index is 11.1. The Hall–Kier alpha value is -2.48. The molecule has 1 saturated carbocycles. The Kier molecular flexibility index (Phi) is 4.07. The highest BCUT2D eigenvalue weighted by Gasteiger charge is 2.51. The minimum absolute atomic E-state index is 0.0684. The predicted molar refractivity (Wildman–Crippen MR) is 124 cm³/mol. The lowest BCUT2D eigenvalue weighted by atomic mass is 9.64. The van der Waals surface area contributed by atoms with Gasteiger partial charge in [-0.15, -0.1) is 0 Å². The number of methoxy groups -OCH3 is 1. The minimum atomic E-state index is -0.0684. The molecule has 1 fully saturated rings. The summed E-state index contributed by atoms with van der Waals surface area (Å²) in [5.74, 6) is 1.13. The molecule has 2 heteroatoms. The van der Waals surface area contributed by atoms with E-state index in [2.05, 4.69) is 64.1 Å². The van der Waals surface area contributed by atoms with Gasteiger partial charge in [0, 0.05) is 10.8 Å². The summed E-state index contributed by atoms with van der Waals surface area (Å²) < 4.78 is 5.44. The second-order valence-corrected chi connectivity index (χ2v) is 11.0. The number of phenols is 1. The smallest absolute Gasteiger partial charge is 0.123 e. The number of ether oxygens (including phenoxy) is 1. The molecular weight excluding hydrogens is 368 g/mol. The zero-order valence-corrected chi connectivity index (χ0v) is 18.8. The van der Waals surface area contributed by atoms with Gasteiger partial charge < -0.3 is 9.84 Å². The first-order valence-electron chi connectivity index (χ1n) is 11.1. The topological polar surface area (TPSA) is 29.5 Å². The molecule has 3 aromatic carbocycles. The summed E-state index contributed by atoms with van der Waals surface area (Å²) in [5, 5.41) is 13.1. The number of benzene rings is 3. The van der Waals surface area contributed by atoms with Crippen LogP contribution < -0.4 is 4.74 Å². The molecule has 0 aromatic heterocycles. The molecule has 0 unspecified atom stereocenters. The third-order valence-electron chi connectivity index (χ3n) is 7.59. The summed E-state index contributed by atoms with van der Waals surface area (Å²) in [6.07, 6.45) is 4.68. The molecule has 2 aliphatic carbocycles.